The summed E-state index contributed by atoms with van der Waals surface area (Å²) in [5, 5.41) is 12.0. The highest BCUT2D eigenvalue weighted by Gasteiger charge is 2.41. The number of carboxylic acids is 1. The van der Waals surface area contributed by atoms with Gasteiger partial charge in [-0.1, -0.05) is 0 Å². The van der Waals surface area contributed by atoms with Crippen molar-refractivity contribution in [2.24, 2.45) is 11.8 Å². The molecule has 1 amide bonds. The van der Waals surface area contributed by atoms with Crippen molar-refractivity contribution in [3.8, 4) is 0 Å². The summed E-state index contributed by atoms with van der Waals surface area (Å²) in [6.45, 7) is 3.89. The lowest BCUT2D eigenvalue weighted by molar-refractivity contribution is -0.144. The first kappa shape index (κ1) is 10.4. The van der Waals surface area contributed by atoms with E-state index in [4.69, 9.17) is 5.11 Å². The molecule has 2 aliphatic rings. The van der Waals surface area contributed by atoms with Crippen LogP contribution in [0.3, 0.4) is 0 Å². The third-order valence-electron chi connectivity index (χ3n) is 3.49. The Balaban J connectivity index is 1.99. The van der Waals surface area contributed by atoms with Gasteiger partial charge in [-0.3, -0.25) is 9.59 Å². The van der Waals surface area contributed by atoms with Gasteiger partial charge in [-0.25, -0.2) is 0 Å². The third kappa shape index (κ3) is 1.71. The third-order valence-corrected chi connectivity index (χ3v) is 3.49. The second kappa shape index (κ2) is 3.81. The maximum Gasteiger partial charge on any atom is 0.308 e. The van der Waals surface area contributed by atoms with Gasteiger partial charge in [0.05, 0.1) is 11.8 Å². The second-order valence-electron chi connectivity index (χ2n) is 4.36. The lowest BCUT2D eigenvalue weighted by Gasteiger charge is -2.32. The molecule has 84 valence electrons. The van der Waals surface area contributed by atoms with Crippen molar-refractivity contribution in [1.29, 1.82) is 0 Å². The molecule has 2 rings (SSSR count). The summed E-state index contributed by atoms with van der Waals surface area (Å²) in [7, 11) is 0. The van der Waals surface area contributed by atoms with Crippen LogP contribution < -0.4 is 5.32 Å². The topological polar surface area (TPSA) is 69.6 Å². The summed E-state index contributed by atoms with van der Waals surface area (Å²) in [5.74, 6) is -0.989. The number of nitrogens with zero attached hydrogens (tertiary/aromatic N) is 1. The maximum atomic E-state index is 11.9. The van der Waals surface area contributed by atoms with E-state index in [1.54, 1.807) is 4.90 Å². The highest BCUT2D eigenvalue weighted by molar-refractivity contribution is 5.82. The molecule has 2 unspecified atom stereocenters. The van der Waals surface area contributed by atoms with Crippen LogP contribution in [0.4, 0.5) is 0 Å². The van der Waals surface area contributed by atoms with Crippen LogP contribution in [-0.4, -0.2) is 47.6 Å². The van der Waals surface area contributed by atoms with Crippen LogP contribution in [0.2, 0.25) is 0 Å². The Bertz CT molecular complexity index is 288. The number of hydrogen-bond acceptors (Lipinski definition) is 3. The fourth-order valence-electron chi connectivity index (χ4n) is 2.28. The van der Waals surface area contributed by atoms with Gasteiger partial charge in [0.15, 0.2) is 0 Å². The highest BCUT2D eigenvalue weighted by Crippen LogP contribution is 2.26. The largest absolute Gasteiger partial charge is 0.481 e. The van der Waals surface area contributed by atoms with Gasteiger partial charge < -0.3 is 15.3 Å². The van der Waals surface area contributed by atoms with Crippen LogP contribution in [-0.2, 0) is 9.59 Å². The van der Waals surface area contributed by atoms with Crippen LogP contribution >= 0.6 is 0 Å². The molecule has 0 radical (unpaired) electrons. The van der Waals surface area contributed by atoms with E-state index in [0.29, 0.717) is 13.0 Å². The van der Waals surface area contributed by atoms with Gasteiger partial charge >= 0.3 is 5.97 Å². The number of likely N-dealkylation sites (tertiary alicyclic amines) is 1. The van der Waals surface area contributed by atoms with Gasteiger partial charge in [0.2, 0.25) is 5.91 Å². The zero-order chi connectivity index (χ0) is 11.0. The summed E-state index contributed by atoms with van der Waals surface area (Å²) >= 11 is 0. The lowest BCUT2D eigenvalue weighted by Crippen LogP contribution is -2.53. The Labute approximate surface area is 88.4 Å². The molecule has 5 nitrogen and oxygen atoms in total. The molecule has 15 heavy (non-hydrogen) atoms. The standard InChI is InChI=1S/C10H16N2O3/c1-6-8(10(14)15)2-3-12(6)9(13)7-4-11-5-7/h6-8,11H,2-5H2,1H3,(H,14,15). The number of aliphatic carboxylic acids is 1. The molecule has 2 atom stereocenters. The van der Waals surface area contributed by atoms with Crippen molar-refractivity contribution < 1.29 is 14.7 Å². The molecular weight excluding hydrogens is 196 g/mol. The zero-order valence-corrected chi connectivity index (χ0v) is 8.77. The SMILES string of the molecule is CC1C(C(=O)O)CCN1C(=O)C1CNC1. The van der Waals surface area contributed by atoms with Crippen LogP contribution in [0.25, 0.3) is 0 Å². The van der Waals surface area contributed by atoms with E-state index in [-0.39, 0.29) is 23.8 Å². The fraction of sp³-hybridized carbons (Fsp3) is 0.800. The zero-order valence-electron chi connectivity index (χ0n) is 8.77. The highest BCUT2D eigenvalue weighted by atomic mass is 16.4. The van der Waals surface area contributed by atoms with Crippen LogP contribution in [0.1, 0.15) is 13.3 Å². The molecular formula is C10H16N2O3. The summed E-state index contributed by atoms with van der Waals surface area (Å²) in [4.78, 5) is 24.5. The average Bonchev–Trinajstić information content (AvgIpc) is 2.43. The van der Waals surface area contributed by atoms with Gasteiger partial charge in [-0.05, 0) is 13.3 Å². The molecule has 0 aromatic rings. The predicted octanol–water partition coefficient (Wildman–Crippen LogP) is -0.473. The van der Waals surface area contributed by atoms with Crippen molar-refractivity contribution >= 4 is 11.9 Å². The van der Waals surface area contributed by atoms with Gasteiger partial charge in [0.1, 0.15) is 0 Å². The fourth-order valence-corrected chi connectivity index (χ4v) is 2.28. The maximum absolute atomic E-state index is 11.9. The second-order valence-corrected chi connectivity index (χ2v) is 4.36. The number of hydrogen-bond donors (Lipinski definition) is 2. The summed E-state index contributed by atoms with van der Waals surface area (Å²) in [6, 6.07) is -0.157. The minimum atomic E-state index is -0.787. The first-order valence-corrected chi connectivity index (χ1v) is 5.35. The summed E-state index contributed by atoms with van der Waals surface area (Å²) < 4.78 is 0. The van der Waals surface area contributed by atoms with Crippen molar-refractivity contribution in [3.05, 3.63) is 0 Å². The van der Waals surface area contributed by atoms with Crippen molar-refractivity contribution in [2.75, 3.05) is 19.6 Å². The number of carbonyl (C=O) groups excluding carboxylic acids is 1. The molecule has 2 fully saturated rings. The number of carboxylic acid groups (broad SMARTS) is 1. The van der Waals surface area contributed by atoms with E-state index in [2.05, 4.69) is 5.32 Å². The molecule has 2 saturated heterocycles. The smallest absolute Gasteiger partial charge is 0.308 e. The van der Waals surface area contributed by atoms with Gasteiger partial charge in [-0.2, -0.15) is 0 Å². The molecule has 0 aromatic heterocycles. The van der Waals surface area contributed by atoms with Crippen molar-refractivity contribution in [1.82, 2.24) is 10.2 Å². The van der Waals surface area contributed by atoms with Gasteiger partial charge in [-0.15, -0.1) is 0 Å². The van der Waals surface area contributed by atoms with Gasteiger partial charge in [0, 0.05) is 25.7 Å². The first-order valence-electron chi connectivity index (χ1n) is 5.35. The molecule has 0 bridgehead atoms. The van der Waals surface area contributed by atoms with Crippen molar-refractivity contribution in [3.63, 3.8) is 0 Å². The van der Waals surface area contributed by atoms with E-state index in [0.717, 1.165) is 13.1 Å². The number of rotatable bonds is 2. The van der Waals surface area contributed by atoms with E-state index >= 15 is 0 Å². The molecule has 0 saturated carbocycles. The van der Waals surface area contributed by atoms with E-state index in [9.17, 15) is 9.59 Å². The average molecular weight is 212 g/mol. The normalized spacial score (nSPS) is 31.4. The van der Waals surface area contributed by atoms with E-state index in [1.807, 2.05) is 6.92 Å². The molecule has 2 N–H and O–H groups in total. The molecule has 0 aromatic carbocycles. The number of amides is 1. The lowest BCUT2D eigenvalue weighted by atomic mass is 9.99. The van der Waals surface area contributed by atoms with E-state index in [1.165, 1.54) is 0 Å². The number of carbonyl (C=O) groups is 2. The minimum Gasteiger partial charge on any atom is -0.481 e. The summed E-state index contributed by atoms with van der Waals surface area (Å²) in [6.07, 6.45) is 0.586. The Morgan fingerprint density at radius 2 is 2.07 bits per heavy atom. The molecule has 0 aliphatic carbocycles. The minimum absolute atomic E-state index is 0.0694. The Kier molecular flexibility index (Phi) is 2.65. The van der Waals surface area contributed by atoms with Gasteiger partial charge in [0.25, 0.3) is 0 Å². The van der Waals surface area contributed by atoms with Crippen LogP contribution in [0.5, 0.6) is 0 Å². The Morgan fingerprint density at radius 3 is 2.47 bits per heavy atom. The van der Waals surface area contributed by atoms with Crippen molar-refractivity contribution in [2.45, 2.75) is 19.4 Å². The molecule has 2 aliphatic heterocycles. The monoisotopic (exact) mass is 212 g/mol. The van der Waals surface area contributed by atoms with Crippen LogP contribution in [0, 0.1) is 11.8 Å². The summed E-state index contributed by atoms with van der Waals surface area (Å²) in [5.41, 5.74) is 0. The number of nitrogens with one attached hydrogen (secondary N) is 1. The van der Waals surface area contributed by atoms with E-state index < -0.39 is 5.97 Å². The Morgan fingerprint density at radius 1 is 1.40 bits per heavy atom. The molecule has 2 heterocycles. The first-order chi connectivity index (χ1) is 7.11. The molecule has 5 heteroatoms. The predicted molar refractivity (Wildman–Crippen MR) is 53.3 cm³/mol. The molecule has 0 spiro atoms. The van der Waals surface area contributed by atoms with Crippen LogP contribution in [0.15, 0.2) is 0 Å². The Hall–Kier alpha value is -1.10. The quantitative estimate of drug-likeness (QED) is 0.649.